The molecule has 0 aliphatic heterocycles. The summed E-state index contributed by atoms with van der Waals surface area (Å²) in [5.74, 6) is -0.103. The lowest BCUT2D eigenvalue weighted by molar-refractivity contribution is -0.117. The van der Waals surface area contributed by atoms with Crippen molar-refractivity contribution in [2.75, 3.05) is 0 Å². The molecule has 1 N–H and O–H groups in total. The minimum Gasteiger partial charge on any atom is -0.438 e. The van der Waals surface area contributed by atoms with Crippen molar-refractivity contribution < 1.29 is 9.53 Å². The molecule has 7 heteroatoms. The number of carbonyl (C=O) groups excluding carboxylic acids is 1. The third-order valence-electron chi connectivity index (χ3n) is 4.92. The number of ether oxygens (including phenoxy) is 1. The lowest BCUT2D eigenvalue weighted by Crippen LogP contribution is -2.25. The molecule has 0 atom stereocenters. The van der Waals surface area contributed by atoms with Gasteiger partial charge in [-0.25, -0.2) is 0 Å². The van der Waals surface area contributed by atoms with E-state index in [1.165, 1.54) is 10.5 Å². The van der Waals surface area contributed by atoms with Gasteiger partial charge in [-0.15, -0.1) is 0 Å². The van der Waals surface area contributed by atoms with Crippen LogP contribution >= 0.6 is 0 Å². The highest BCUT2D eigenvalue weighted by Crippen LogP contribution is 2.24. The van der Waals surface area contributed by atoms with Crippen molar-refractivity contribution in [3.05, 3.63) is 112 Å². The highest BCUT2D eigenvalue weighted by molar-refractivity contribution is 6.01. The van der Waals surface area contributed by atoms with Crippen molar-refractivity contribution >= 4 is 17.6 Å². The van der Waals surface area contributed by atoms with Crippen molar-refractivity contribution in [3.8, 4) is 17.7 Å². The predicted octanol–water partition coefficient (Wildman–Crippen LogP) is 4.02. The Bertz CT molecular complexity index is 1430. The molecule has 0 unspecified atom stereocenters. The van der Waals surface area contributed by atoms with Crippen LogP contribution in [0.2, 0.25) is 0 Å². The summed E-state index contributed by atoms with van der Waals surface area (Å²) in [5, 5.41) is 12.3. The number of amides is 1. The topological polar surface area (TPSA) is 96.5 Å². The molecule has 0 saturated heterocycles. The van der Waals surface area contributed by atoms with Crippen LogP contribution in [0.15, 0.2) is 89.4 Å². The summed E-state index contributed by atoms with van der Waals surface area (Å²) in [5.41, 5.74) is 1.65. The van der Waals surface area contributed by atoms with E-state index in [1.807, 2.05) is 55.5 Å². The minimum atomic E-state index is -0.597. The number of aryl methyl sites for hydroxylation is 1. The lowest BCUT2D eigenvalue weighted by Gasteiger charge is -2.10. The number of rotatable bonds is 6. The lowest BCUT2D eigenvalue weighted by atomic mass is 10.1. The van der Waals surface area contributed by atoms with E-state index in [2.05, 4.69) is 10.3 Å². The molecule has 2 aromatic heterocycles. The summed E-state index contributed by atoms with van der Waals surface area (Å²) in [7, 11) is 0. The maximum absolute atomic E-state index is 13.2. The molecule has 33 heavy (non-hydrogen) atoms. The summed E-state index contributed by atoms with van der Waals surface area (Å²) >= 11 is 0. The van der Waals surface area contributed by atoms with E-state index in [0.717, 1.165) is 11.1 Å². The van der Waals surface area contributed by atoms with Crippen LogP contribution in [-0.2, 0) is 11.3 Å². The zero-order chi connectivity index (χ0) is 23.2. The molecule has 0 aliphatic rings. The van der Waals surface area contributed by atoms with Crippen LogP contribution in [0.25, 0.3) is 11.7 Å². The second-order valence-corrected chi connectivity index (χ2v) is 7.32. The second-order valence-electron chi connectivity index (χ2n) is 7.32. The summed E-state index contributed by atoms with van der Waals surface area (Å²) in [6, 6.07) is 23.6. The maximum atomic E-state index is 13.2. The zero-order valence-electron chi connectivity index (χ0n) is 17.9. The van der Waals surface area contributed by atoms with Gasteiger partial charge in [0.1, 0.15) is 28.6 Å². The van der Waals surface area contributed by atoms with Crippen LogP contribution in [0.4, 0.5) is 0 Å². The molecule has 4 rings (SSSR count). The van der Waals surface area contributed by atoms with E-state index >= 15 is 0 Å². The number of nitriles is 1. The van der Waals surface area contributed by atoms with Gasteiger partial charge in [-0.3, -0.25) is 14.0 Å². The number of aromatic nitrogens is 2. The van der Waals surface area contributed by atoms with Crippen LogP contribution < -0.4 is 15.6 Å². The number of pyridine rings is 1. The standard InChI is InChI=1S/C26H20N4O3/c1-18-10-12-21(13-11-18)33-25-22(26(32)30-14-6-5-9-23(30)29-25)15-20(16-27)24(31)28-17-19-7-3-2-4-8-19/h2-15H,17H2,1H3,(H,28,31). The fourth-order valence-electron chi connectivity index (χ4n) is 3.17. The summed E-state index contributed by atoms with van der Waals surface area (Å²) in [4.78, 5) is 30.3. The highest BCUT2D eigenvalue weighted by Gasteiger charge is 2.17. The van der Waals surface area contributed by atoms with E-state index in [-0.39, 0.29) is 23.6 Å². The Morgan fingerprint density at radius 1 is 1.09 bits per heavy atom. The largest absolute Gasteiger partial charge is 0.438 e. The van der Waals surface area contributed by atoms with E-state index < -0.39 is 11.5 Å². The van der Waals surface area contributed by atoms with Crippen LogP contribution in [0, 0.1) is 18.3 Å². The first kappa shape index (κ1) is 21.5. The van der Waals surface area contributed by atoms with Gasteiger partial charge in [-0.2, -0.15) is 10.2 Å². The van der Waals surface area contributed by atoms with Gasteiger partial charge in [-0.1, -0.05) is 54.1 Å². The van der Waals surface area contributed by atoms with E-state index in [1.54, 1.807) is 36.5 Å². The average Bonchev–Trinajstić information content (AvgIpc) is 2.84. The van der Waals surface area contributed by atoms with Gasteiger partial charge in [0.15, 0.2) is 0 Å². The Kier molecular flexibility index (Phi) is 6.28. The van der Waals surface area contributed by atoms with Gasteiger partial charge >= 0.3 is 0 Å². The normalized spacial score (nSPS) is 11.1. The Labute approximate surface area is 190 Å². The third kappa shape index (κ3) is 4.97. The molecule has 162 valence electrons. The number of fused-ring (bicyclic) bond motifs is 1. The number of hydrogen-bond donors (Lipinski definition) is 1. The monoisotopic (exact) mass is 436 g/mol. The highest BCUT2D eigenvalue weighted by atomic mass is 16.5. The minimum absolute atomic E-state index is 0.00526. The van der Waals surface area contributed by atoms with E-state index in [9.17, 15) is 14.9 Å². The molecule has 0 aliphatic carbocycles. The van der Waals surface area contributed by atoms with Crippen LogP contribution in [0.1, 0.15) is 16.7 Å². The van der Waals surface area contributed by atoms with Crippen molar-refractivity contribution in [2.24, 2.45) is 0 Å². The molecule has 0 bridgehead atoms. The molecule has 0 radical (unpaired) electrons. The molecular formula is C26H20N4O3. The van der Waals surface area contributed by atoms with Crippen molar-refractivity contribution in [1.82, 2.24) is 14.7 Å². The quantitative estimate of drug-likeness (QED) is 0.364. The molecule has 0 saturated carbocycles. The van der Waals surface area contributed by atoms with Crippen molar-refractivity contribution in [2.45, 2.75) is 13.5 Å². The van der Waals surface area contributed by atoms with Gasteiger partial charge in [-0.05, 0) is 42.8 Å². The number of nitrogens with zero attached hydrogens (tertiary/aromatic N) is 3. The number of carbonyl (C=O) groups is 1. The van der Waals surface area contributed by atoms with Gasteiger partial charge in [0.05, 0.1) is 0 Å². The van der Waals surface area contributed by atoms with E-state index in [4.69, 9.17) is 4.74 Å². The van der Waals surface area contributed by atoms with Crippen LogP contribution in [-0.4, -0.2) is 15.3 Å². The van der Waals surface area contributed by atoms with E-state index in [0.29, 0.717) is 11.4 Å². The third-order valence-corrected chi connectivity index (χ3v) is 4.92. The zero-order valence-corrected chi connectivity index (χ0v) is 17.9. The fraction of sp³-hybridized carbons (Fsp3) is 0.0769. The first-order chi connectivity index (χ1) is 16.0. The Balaban J connectivity index is 1.73. The van der Waals surface area contributed by atoms with Crippen LogP contribution in [0.3, 0.4) is 0 Å². The second kappa shape index (κ2) is 9.62. The molecule has 4 aromatic rings. The molecule has 7 nitrogen and oxygen atoms in total. The van der Waals surface area contributed by atoms with Crippen molar-refractivity contribution in [1.29, 1.82) is 5.26 Å². The smallest absolute Gasteiger partial charge is 0.269 e. The molecule has 2 aromatic carbocycles. The van der Waals surface area contributed by atoms with Gasteiger partial charge < -0.3 is 10.1 Å². The molecule has 0 fully saturated rings. The summed E-state index contributed by atoms with van der Waals surface area (Å²) in [6.07, 6.45) is 2.79. The van der Waals surface area contributed by atoms with Crippen LogP contribution in [0.5, 0.6) is 11.6 Å². The Hall–Kier alpha value is -4.70. The summed E-state index contributed by atoms with van der Waals surface area (Å²) < 4.78 is 7.24. The molecule has 1 amide bonds. The average molecular weight is 436 g/mol. The van der Waals surface area contributed by atoms with Gasteiger partial charge in [0, 0.05) is 12.7 Å². The Morgan fingerprint density at radius 2 is 1.82 bits per heavy atom. The first-order valence-corrected chi connectivity index (χ1v) is 10.2. The Morgan fingerprint density at radius 3 is 2.55 bits per heavy atom. The number of hydrogen-bond acceptors (Lipinski definition) is 5. The van der Waals surface area contributed by atoms with Crippen molar-refractivity contribution in [3.63, 3.8) is 0 Å². The molecular weight excluding hydrogens is 416 g/mol. The number of benzene rings is 2. The van der Waals surface area contributed by atoms with Gasteiger partial charge in [0.2, 0.25) is 5.88 Å². The molecule has 0 spiro atoms. The first-order valence-electron chi connectivity index (χ1n) is 10.2. The number of nitrogens with one attached hydrogen (secondary N) is 1. The maximum Gasteiger partial charge on any atom is 0.269 e. The van der Waals surface area contributed by atoms with Gasteiger partial charge in [0.25, 0.3) is 11.5 Å². The fourth-order valence-corrected chi connectivity index (χ4v) is 3.17. The predicted molar refractivity (Wildman–Crippen MR) is 125 cm³/mol. The molecule has 2 heterocycles. The SMILES string of the molecule is Cc1ccc(Oc2nc3ccccn3c(=O)c2C=C(C#N)C(=O)NCc2ccccc2)cc1. The summed E-state index contributed by atoms with van der Waals surface area (Å²) in [6.45, 7) is 2.20.